The van der Waals surface area contributed by atoms with Crippen LogP contribution >= 0.6 is 0 Å². The summed E-state index contributed by atoms with van der Waals surface area (Å²) in [4.78, 5) is 26.4. The fourth-order valence-electron chi connectivity index (χ4n) is 5.34. The molecule has 37 heavy (non-hydrogen) atoms. The third kappa shape index (κ3) is 5.77. The highest BCUT2D eigenvalue weighted by atomic mass is 16.1. The van der Waals surface area contributed by atoms with E-state index in [1.165, 1.54) is 5.56 Å². The van der Waals surface area contributed by atoms with Crippen molar-refractivity contribution in [3.63, 3.8) is 0 Å². The summed E-state index contributed by atoms with van der Waals surface area (Å²) in [6.07, 6.45) is 6.73. The van der Waals surface area contributed by atoms with Crippen molar-refractivity contribution in [2.24, 2.45) is 5.73 Å². The van der Waals surface area contributed by atoms with E-state index in [0.717, 1.165) is 69.0 Å². The molecule has 1 aliphatic heterocycles. The van der Waals surface area contributed by atoms with Crippen LogP contribution in [0.15, 0.2) is 65.5 Å². The van der Waals surface area contributed by atoms with Crippen molar-refractivity contribution in [3.8, 4) is 0 Å². The van der Waals surface area contributed by atoms with Gasteiger partial charge in [0.25, 0.3) is 5.56 Å². The van der Waals surface area contributed by atoms with Crippen molar-refractivity contribution in [2.45, 2.75) is 71.0 Å². The van der Waals surface area contributed by atoms with E-state index in [4.69, 9.17) is 15.7 Å². The number of nitrogens with zero attached hydrogens (tertiary/aromatic N) is 5. The predicted molar refractivity (Wildman–Crippen MR) is 150 cm³/mol. The van der Waals surface area contributed by atoms with Gasteiger partial charge in [0.2, 0.25) is 5.95 Å². The summed E-state index contributed by atoms with van der Waals surface area (Å²) in [6, 6.07) is 20.8. The Kier molecular flexibility index (Phi) is 7.99. The molecule has 2 aromatic heterocycles. The number of unbranched alkanes of at least 4 members (excludes halogenated alkanes) is 2. The zero-order chi connectivity index (χ0) is 25.6. The summed E-state index contributed by atoms with van der Waals surface area (Å²) in [5.74, 6) is 1.63. The molecule has 1 saturated heterocycles. The van der Waals surface area contributed by atoms with E-state index >= 15 is 0 Å². The molecule has 0 amide bonds. The summed E-state index contributed by atoms with van der Waals surface area (Å²) in [7, 11) is 0. The molecule has 4 aromatic rings. The lowest BCUT2D eigenvalue weighted by atomic mass is 10.1. The number of piperidine rings is 1. The van der Waals surface area contributed by atoms with E-state index in [0.29, 0.717) is 30.7 Å². The molecule has 1 unspecified atom stereocenters. The van der Waals surface area contributed by atoms with Crippen LogP contribution in [0, 0.1) is 0 Å². The normalized spacial score (nSPS) is 15.9. The van der Waals surface area contributed by atoms with Gasteiger partial charge >= 0.3 is 0 Å². The monoisotopic (exact) mass is 498 g/mol. The minimum Gasteiger partial charge on any atom is -0.341 e. The Bertz CT molecular complexity index is 1360. The molecule has 7 heteroatoms. The van der Waals surface area contributed by atoms with Gasteiger partial charge in [0.1, 0.15) is 5.82 Å². The number of aryl methyl sites for hydroxylation is 2. The quantitative estimate of drug-likeness (QED) is 0.325. The number of hydrogen-bond acceptors (Lipinski definition) is 5. The van der Waals surface area contributed by atoms with E-state index in [9.17, 15) is 4.79 Å². The van der Waals surface area contributed by atoms with Crippen molar-refractivity contribution in [1.29, 1.82) is 0 Å². The predicted octanol–water partition coefficient (Wildman–Crippen LogP) is 4.54. The van der Waals surface area contributed by atoms with Gasteiger partial charge in [0, 0.05) is 32.1 Å². The smallest absolute Gasteiger partial charge is 0.279 e. The Balaban J connectivity index is 1.61. The third-order valence-electron chi connectivity index (χ3n) is 7.31. The van der Waals surface area contributed by atoms with Gasteiger partial charge in [-0.1, -0.05) is 80.4 Å². The topological polar surface area (TPSA) is 82.0 Å². The van der Waals surface area contributed by atoms with Crippen LogP contribution in [-0.4, -0.2) is 38.2 Å². The minimum atomic E-state index is 0.0140. The molecule has 0 spiro atoms. The summed E-state index contributed by atoms with van der Waals surface area (Å²) in [6.45, 7) is 5.07. The van der Waals surface area contributed by atoms with Gasteiger partial charge in [-0.3, -0.25) is 13.9 Å². The molecule has 7 nitrogen and oxygen atoms in total. The van der Waals surface area contributed by atoms with Crippen LogP contribution in [0.4, 0.5) is 5.95 Å². The van der Waals surface area contributed by atoms with Gasteiger partial charge in [-0.2, -0.15) is 4.98 Å². The van der Waals surface area contributed by atoms with Gasteiger partial charge in [0.05, 0.1) is 6.54 Å². The van der Waals surface area contributed by atoms with Gasteiger partial charge in [-0.15, -0.1) is 0 Å². The van der Waals surface area contributed by atoms with Crippen molar-refractivity contribution < 1.29 is 0 Å². The van der Waals surface area contributed by atoms with Crippen LogP contribution < -0.4 is 16.2 Å². The first kappa shape index (κ1) is 25.2. The van der Waals surface area contributed by atoms with Crippen LogP contribution in [0.2, 0.25) is 0 Å². The Labute approximate surface area is 219 Å². The first-order valence-electron chi connectivity index (χ1n) is 13.7. The van der Waals surface area contributed by atoms with Crippen LogP contribution in [0.25, 0.3) is 11.2 Å². The van der Waals surface area contributed by atoms with E-state index in [2.05, 4.69) is 52.8 Å². The Morgan fingerprint density at radius 1 is 0.919 bits per heavy atom. The second-order valence-electron chi connectivity index (χ2n) is 10.2. The van der Waals surface area contributed by atoms with Gasteiger partial charge in [-0.25, -0.2) is 4.98 Å². The average molecular weight is 499 g/mol. The Morgan fingerprint density at radius 3 is 2.35 bits per heavy atom. The molecule has 1 atom stereocenters. The number of benzene rings is 2. The van der Waals surface area contributed by atoms with Crippen molar-refractivity contribution in [2.75, 3.05) is 18.0 Å². The minimum absolute atomic E-state index is 0.0140. The average Bonchev–Trinajstić information content (AvgIpc) is 3.28. The van der Waals surface area contributed by atoms with Gasteiger partial charge in [0.15, 0.2) is 11.2 Å². The SMILES string of the molecule is CCCCCn1c(CCc2ccccc2)nc2nc(N3CCCC(N)C3)n(Cc3ccccc3)c2c1=O. The Morgan fingerprint density at radius 2 is 1.65 bits per heavy atom. The second-order valence-corrected chi connectivity index (χ2v) is 10.2. The van der Waals surface area contributed by atoms with E-state index in [1.807, 2.05) is 28.8 Å². The largest absolute Gasteiger partial charge is 0.341 e. The summed E-state index contributed by atoms with van der Waals surface area (Å²) < 4.78 is 3.99. The maximum Gasteiger partial charge on any atom is 0.279 e. The maximum absolute atomic E-state index is 14.1. The second kappa shape index (κ2) is 11.7. The lowest BCUT2D eigenvalue weighted by Gasteiger charge is -2.31. The molecule has 194 valence electrons. The fraction of sp³-hybridized carbons (Fsp3) is 0.433. The highest BCUT2D eigenvalue weighted by Crippen LogP contribution is 2.25. The van der Waals surface area contributed by atoms with Crippen molar-refractivity contribution >= 4 is 17.1 Å². The molecule has 5 rings (SSSR count). The maximum atomic E-state index is 14.1. The molecule has 0 aliphatic carbocycles. The summed E-state index contributed by atoms with van der Waals surface area (Å²) in [5, 5.41) is 0. The number of fused-ring (bicyclic) bond motifs is 1. The molecule has 1 aliphatic rings. The van der Waals surface area contributed by atoms with Gasteiger partial charge < -0.3 is 10.6 Å². The number of imidazole rings is 1. The number of hydrogen-bond donors (Lipinski definition) is 1. The molecular formula is C30H38N6O. The zero-order valence-electron chi connectivity index (χ0n) is 21.9. The first-order chi connectivity index (χ1) is 18.1. The number of anilines is 1. The zero-order valence-corrected chi connectivity index (χ0v) is 21.9. The fourth-order valence-corrected chi connectivity index (χ4v) is 5.34. The van der Waals surface area contributed by atoms with Crippen LogP contribution in [-0.2, 0) is 25.9 Å². The number of nitrogens with two attached hydrogens (primary N) is 1. The van der Waals surface area contributed by atoms with E-state index in [1.54, 1.807) is 0 Å². The molecule has 2 N–H and O–H groups in total. The van der Waals surface area contributed by atoms with Crippen LogP contribution in [0.3, 0.4) is 0 Å². The molecule has 0 saturated carbocycles. The highest BCUT2D eigenvalue weighted by molar-refractivity contribution is 5.74. The molecule has 3 heterocycles. The number of aromatic nitrogens is 4. The molecular weight excluding hydrogens is 460 g/mol. The van der Waals surface area contributed by atoms with Gasteiger partial charge in [-0.05, 0) is 36.8 Å². The number of rotatable bonds is 10. The van der Waals surface area contributed by atoms with Crippen LogP contribution in [0.1, 0.15) is 56.0 Å². The molecule has 1 fully saturated rings. The third-order valence-corrected chi connectivity index (χ3v) is 7.31. The van der Waals surface area contributed by atoms with Crippen LogP contribution in [0.5, 0.6) is 0 Å². The highest BCUT2D eigenvalue weighted by Gasteiger charge is 2.26. The van der Waals surface area contributed by atoms with Crippen molar-refractivity contribution in [1.82, 2.24) is 19.1 Å². The van der Waals surface area contributed by atoms with Crippen molar-refractivity contribution in [3.05, 3.63) is 88.0 Å². The first-order valence-corrected chi connectivity index (χ1v) is 13.7. The summed E-state index contributed by atoms with van der Waals surface area (Å²) >= 11 is 0. The van der Waals surface area contributed by atoms with E-state index in [-0.39, 0.29) is 11.6 Å². The summed E-state index contributed by atoms with van der Waals surface area (Å²) in [5.41, 5.74) is 9.87. The lowest BCUT2D eigenvalue weighted by molar-refractivity contribution is 0.495. The Hall–Kier alpha value is -3.45. The molecule has 0 bridgehead atoms. The standard InChI is InChI=1S/C30H38N6O/c1-2-3-10-20-35-26(18-17-23-12-6-4-7-13-23)32-28-27(29(35)37)36(21-24-14-8-5-9-15-24)30(33-28)34-19-11-16-25(31)22-34/h4-9,12-15,25H,2-3,10-11,16-22,31H2,1H3. The van der Waals surface area contributed by atoms with E-state index < -0.39 is 0 Å². The lowest BCUT2D eigenvalue weighted by Crippen LogP contribution is -2.44. The molecule has 2 aromatic carbocycles. The molecule has 0 radical (unpaired) electrons.